The van der Waals surface area contributed by atoms with Gasteiger partial charge in [-0.3, -0.25) is 4.99 Å². The lowest BCUT2D eigenvalue weighted by Gasteiger charge is -2.02. The number of hydrogen-bond acceptors (Lipinski definition) is 4. The van der Waals surface area contributed by atoms with Crippen molar-refractivity contribution in [2.75, 3.05) is 5.75 Å². The molecule has 0 aliphatic heterocycles. The number of carbonyl (C=O) groups is 2. The summed E-state index contributed by atoms with van der Waals surface area (Å²) in [5, 5.41) is 15.7. The first-order chi connectivity index (χ1) is 6.31. The smallest absolute Gasteiger partial charge is 0.402 e. The fraction of sp³-hybridized carbons (Fsp3) is 0.571. The molecule has 6 nitrogen and oxygen atoms in total. The predicted molar refractivity (Wildman–Crippen MR) is 56.3 cm³/mol. The molecule has 0 saturated carbocycles. The van der Waals surface area contributed by atoms with E-state index in [2.05, 4.69) is 23.4 Å². The van der Waals surface area contributed by atoms with Gasteiger partial charge in [-0.05, 0) is 13.8 Å². The zero-order valence-electron chi connectivity index (χ0n) is 7.97. The minimum Gasteiger partial charge on any atom is -0.480 e. The molecule has 0 fully saturated rings. The van der Waals surface area contributed by atoms with Gasteiger partial charge in [0.2, 0.25) is 0 Å². The number of carboxylic acid groups (broad SMARTS) is 2. The number of nitrogens with zero attached hydrogens (tertiary/aromatic N) is 1. The second-order valence-corrected chi connectivity index (χ2v) is 2.82. The van der Waals surface area contributed by atoms with Gasteiger partial charge in [0, 0.05) is 11.5 Å². The lowest BCUT2D eigenvalue weighted by atomic mass is 10.3. The Morgan fingerprint density at radius 2 is 1.79 bits per heavy atom. The highest BCUT2D eigenvalue weighted by Crippen LogP contribution is 1.95. The molecule has 0 bridgehead atoms. The molecule has 0 aromatic carbocycles. The first-order valence-electron chi connectivity index (χ1n) is 3.64. The fourth-order valence-corrected chi connectivity index (χ4v) is 0.724. The van der Waals surface area contributed by atoms with E-state index < -0.39 is 18.1 Å². The maximum absolute atomic E-state index is 10.3. The maximum atomic E-state index is 10.3. The molecule has 0 saturated heterocycles. The first-order valence-corrected chi connectivity index (χ1v) is 4.27. The van der Waals surface area contributed by atoms with Crippen LogP contribution in [-0.4, -0.2) is 39.8 Å². The Morgan fingerprint density at radius 1 is 1.43 bits per heavy atom. The third kappa shape index (κ3) is 13.4. The summed E-state index contributed by atoms with van der Waals surface area (Å²) in [5.41, 5.74) is 4.79. The number of carboxylic acids is 1. The average Bonchev–Trinajstić information content (AvgIpc) is 1.98. The summed E-state index contributed by atoms with van der Waals surface area (Å²) in [6.45, 7) is 3.53. The third-order valence-corrected chi connectivity index (χ3v) is 1.22. The topological polar surface area (TPSA) is 113 Å². The van der Waals surface area contributed by atoms with Gasteiger partial charge in [0.05, 0.1) is 0 Å². The van der Waals surface area contributed by atoms with Crippen LogP contribution < -0.4 is 5.73 Å². The van der Waals surface area contributed by atoms with Crippen LogP contribution >= 0.6 is 12.6 Å². The Bertz CT molecular complexity index is 222. The number of rotatable bonds is 3. The molecule has 0 aliphatic carbocycles. The lowest BCUT2D eigenvalue weighted by molar-refractivity contribution is -0.137. The molecular formula is C7H14N2O4S. The van der Waals surface area contributed by atoms with Crippen LogP contribution in [0.4, 0.5) is 4.79 Å². The highest BCUT2D eigenvalue weighted by molar-refractivity contribution is 7.80. The van der Waals surface area contributed by atoms with Crippen LogP contribution in [0.3, 0.4) is 0 Å². The number of amides is 1. The van der Waals surface area contributed by atoms with Crippen molar-refractivity contribution in [3.05, 3.63) is 0 Å². The quantitative estimate of drug-likeness (QED) is 0.410. The van der Waals surface area contributed by atoms with E-state index >= 15 is 0 Å². The molecule has 82 valence electrons. The minimum absolute atomic E-state index is 0.251. The van der Waals surface area contributed by atoms with Crippen LogP contribution in [0.5, 0.6) is 0 Å². The molecule has 1 amide bonds. The maximum Gasteiger partial charge on any atom is 0.402 e. The van der Waals surface area contributed by atoms with Crippen LogP contribution in [0.2, 0.25) is 0 Å². The molecular weight excluding hydrogens is 208 g/mol. The largest absolute Gasteiger partial charge is 0.480 e. The second kappa shape index (κ2) is 8.36. The van der Waals surface area contributed by atoms with Crippen molar-refractivity contribution in [2.45, 2.75) is 19.9 Å². The summed E-state index contributed by atoms with van der Waals surface area (Å²) >= 11 is 3.84. The summed E-state index contributed by atoms with van der Waals surface area (Å²) < 4.78 is 0. The Labute approximate surface area is 87.2 Å². The number of thiol groups is 1. The highest BCUT2D eigenvalue weighted by Gasteiger charge is 2.12. The molecule has 1 atom stereocenters. The average molecular weight is 222 g/mol. The van der Waals surface area contributed by atoms with Gasteiger partial charge < -0.3 is 15.9 Å². The monoisotopic (exact) mass is 222 g/mol. The van der Waals surface area contributed by atoms with E-state index in [9.17, 15) is 4.79 Å². The van der Waals surface area contributed by atoms with Crippen molar-refractivity contribution >= 4 is 30.4 Å². The van der Waals surface area contributed by atoms with Crippen LogP contribution in [0.25, 0.3) is 0 Å². The SMILES string of the molecule is CC(C)=N[C@@H](CS)C(=O)O.NC(=O)O. The Kier molecular flexibility index (Phi) is 9.10. The van der Waals surface area contributed by atoms with Gasteiger partial charge in [0.25, 0.3) is 0 Å². The van der Waals surface area contributed by atoms with Crippen LogP contribution in [0.1, 0.15) is 13.8 Å². The second-order valence-electron chi connectivity index (χ2n) is 2.45. The van der Waals surface area contributed by atoms with Gasteiger partial charge in [-0.15, -0.1) is 0 Å². The van der Waals surface area contributed by atoms with E-state index in [1.165, 1.54) is 0 Å². The molecule has 0 spiro atoms. The van der Waals surface area contributed by atoms with Crippen molar-refractivity contribution in [3.63, 3.8) is 0 Å². The number of hydrogen-bond donors (Lipinski definition) is 4. The summed E-state index contributed by atoms with van der Waals surface area (Å²) in [6.07, 6.45) is -1.33. The van der Waals surface area contributed by atoms with E-state index in [-0.39, 0.29) is 5.75 Å². The summed E-state index contributed by atoms with van der Waals surface area (Å²) in [5.74, 6) is -0.670. The van der Waals surface area contributed by atoms with E-state index in [1.807, 2.05) is 0 Å². The highest BCUT2D eigenvalue weighted by atomic mass is 32.1. The van der Waals surface area contributed by atoms with Crippen molar-refractivity contribution < 1.29 is 19.8 Å². The van der Waals surface area contributed by atoms with E-state index in [4.69, 9.17) is 15.0 Å². The molecule has 0 radical (unpaired) electrons. The van der Waals surface area contributed by atoms with Gasteiger partial charge in [-0.1, -0.05) is 0 Å². The molecule has 0 aromatic rings. The zero-order chi connectivity index (χ0) is 11.7. The Balaban J connectivity index is 0. The molecule has 14 heavy (non-hydrogen) atoms. The molecule has 4 N–H and O–H groups in total. The van der Waals surface area contributed by atoms with Gasteiger partial charge in [0.1, 0.15) is 0 Å². The predicted octanol–water partition coefficient (Wildman–Crippen LogP) is 0.473. The standard InChI is InChI=1S/C6H11NO2S.CH3NO2/c1-4(2)7-5(3-10)6(8)9;2-1(3)4/h5,10H,3H2,1-2H3,(H,8,9);2H2,(H,3,4)/t5-;/m0./s1. The van der Waals surface area contributed by atoms with Crippen LogP contribution in [0, 0.1) is 0 Å². The third-order valence-electron chi connectivity index (χ3n) is 0.872. The van der Waals surface area contributed by atoms with Crippen molar-refractivity contribution in [2.24, 2.45) is 10.7 Å². The minimum atomic E-state index is -1.33. The normalized spacial score (nSPS) is 10.5. The van der Waals surface area contributed by atoms with E-state index in [0.29, 0.717) is 0 Å². The number of primary amides is 1. The zero-order valence-corrected chi connectivity index (χ0v) is 8.86. The first kappa shape index (κ1) is 15.2. The Hall–Kier alpha value is -1.24. The number of aliphatic imine (C=N–C) groups is 1. The van der Waals surface area contributed by atoms with Crippen LogP contribution in [-0.2, 0) is 4.79 Å². The molecule has 0 heterocycles. The summed E-state index contributed by atoms with van der Waals surface area (Å²) in [4.78, 5) is 22.9. The van der Waals surface area contributed by atoms with Gasteiger partial charge in [0.15, 0.2) is 6.04 Å². The summed E-state index contributed by atoms with van der Waals surface area (Å²) in [6, 6.07) is -0.687. The number of nitrogens with two attached hydrogens (primary N) is 1. The molecule has 0 aliphatic rings. The Morgan fingerprint density at radius 3 is 1.86 bits per heavy atom. The van der Waals surface area contributed by atoms with Crippen molar-refractivity contribution in [1.29, 1.82) is 0 Å². The van der Waals surface area contributed by atoms with E-state index in [0.717, 1.165) is 5.71 Å². The van der Waals surface area contributed by atoms with Gasteiger partial charge >= 0.3 is 12.1 Å². The van der Waals surface area contributed by atoms with Crippen LogP contribution in [0.15, 0.2) is 4.99 Å². The van der Waals surface area contributed by atoms with Gasteiger partial charge in [-0.25, -0.2) is 9.59 Å². The van der Waals surface area contributed by atoms with Gasteiger partial charge in [-0.2, -0.15) is 12.6 Å². The molecule has 0 unspecified atom stereocenters. The summed E-state index contributed by atoms with van der Waals surface area (Å²) in [7, 11) is 0. The molecule has 0 aromatic heterocycles. The fourth-order valence-electron chi connectivity index (χ4n) is 0.486. The molecule has 7 heteroatoms. The van der Waals surface area contributed by atoms with Crippen molar-refractivity contribution in [1.82, 2.24) is 0 Å². The number of aliphatic carboxylic acids is 1. The van der Waals surface area contributed by atoms with E-state index in [1.54, 1.807) is 13.8 Å². The molecule has 0 rings (SSSR count). The lowest BCUT2D eigenvalue weighted by Crippen LogP contribution is -2.20. The van der Waals surface area contributed by atoms with Crippen molar-refractivity contribution in [3.8, 4) is 0 Å².